The predicted octanol–water partition coefficient (Wildman–Crippen LogP) is 5.96. The fraction of sp³-hybridized carbons (Fsp3) is 0.412. The molecule has 1 aliphatic rings. The summed E-state index contributed by atoms with van der Waals surface area (Å²) in [6.45, 7) is 2.22. The summed E-state index contributed by atoms with van der Waals surface area (Å²) in [5.41, 5.74) is 1.21. The molecule has 3 rings (SSSR count). The van der Waals surface area contributed by atoms with E-state index in [1.54, 1.807) is 0 Å². The van der Waals surface area contributed by atoms with E-state index < -0.39 is 0 Å². The first-order valence-corrected chi connectivity index (χ1v) is 9.14. The van der Waals surface area contributed by atoms with Gasteiger partial charge in [0.2, 0.25) is 0 Å². The molecule has 2 aromatic rings. The minimum absolute atomic E-state index is 0.378. The fourth-order valence-electron chi connectivity index (χ4n) is 2.69. The first kappa shape index (κ1) is 14.0. The molecule has 0 bridgehead atoms. The number of thioether (sulfide) groups is 1. The highest BCUT2D eigenvalue weighted by atomic mass is 32.2. The molecular weight excluding hydrogens is 282 g/mol. The lowest BCUT2D eigenvalue weighted by Gasteiger charge is -2.14. The fourth-order valence-corrected chi connectivity index (χ4v) is 4.67. The van der Waals surface area contributed by atoms with Crippen LogP contribution in [0.15, 0.2) is 46.7 Å². The van der Waals surface area contributed by atoms with Crippen LogP contribution < -0.4 is 5.32 Å². The maximum atomic E-state index is 3.57. The number of hydrogen-bond acceptors (Lipinski definition) is 3. The van der Waals surface area contributed by atoms with E-state index in [-0.39, 0.29) is 0 Å². The topological polar surface area (TPSA) is 12.0 Å². The van der Waals surface area contributed by atoms with Crippen molar-refractivity contribution >= 4 is 28.8 Å². The van der Waals surface area contributed by atoms with Crippen LogP contribution in [-0.2, 0) is 0 Å². The van der Waals surface area contributed by atoms with E-state index in [4.69, 9.17) is 0 Å². The molecule has 1 aromatic heterocycles. The van der Waals surface area contributed by atoms with Gasteiger partial charge in [-0.2, -0.15) is 0 Å². The smallest absolute Gasteiger partial charge is 0.0578 e. The average molecular weight is 303 g/mol. The lowest BCUT2D eigenvalue weighted by molar-refractivity contribution is 0.886. The summed E-state index contributed by atoms with van der Waals surface area (Å²) in [7, 11) is 0. The molecule has 3 heteroatoms. The van der Waals surface area contributed by atoms with E-state index in [2.05, 4.69) is 65.8 Å². The van der Waals surface area contributed by atoms with Crippen LogP contribution in [0.4, 0.5) is 5.69 Å². The minimum Gasteiger partial charge on any atom is -0.378 e. The van der Waals surface area contributed by atoms with E-state index in [9.17, 15) is 0 Å². The molecule has 1 saturated carbocycles. The molecule has 1 N–H and O–H groups in total. The Morgan fingerprint density at radius 1 is 1.15 bits per heavy atom. The van der Waals surface area contributed by atoms with Gasteiger partial charge in [-0.1, -0.05) is 18.9 Å². The van der Waals surface area contributed by atoms with Crippen molar-refractivity contribution < 1.29 is 0 Å². The number of benzene rings is 1. The van der Waals surface area contributed by atoms with E-state index in [0.29, 0.717) is 6.04 Å². The Balaban J connectivity index is 1.58. The van der Waals surface area contributed by atoms with Gasteiger partial charge in [-0.25, -0.2) is 0 Å². The van der Waals surface area contributed by atoms with Gasteiger partial charge in [0.1, 0.15) is 0 Å². The monoisotopic (exact) mass is 303 g/mol. The quantitative estimate of drug-likeness (QED) is 0.732. The average Bonchev–Trinajstić information content (AvgIpc) is 3.13. The molecule has 0 spiro atoms. The molecule has 1 unspecified atom stereocenters. The Morgan fingerprint density at radius 3 is 2.55 bits per heavy atom. The van der Waals surface area contributed by atoms with Gasteiger partial charge < -0.3 is 5.32 Å². The van der Waals surface area contributed by atoms with Crippen LogP contribution in [-0.4, -0.2) is 5.25 Å². The molecule has 106 valence electrons. The highest BCUT2D eigenvalue weighted by molar-refractivity contribution is 8.00. The van der Waals surface area contributed by atoms with Gasteiger partial charge >= 0.3 is 0 Å². The summed E-state index contributed by atoms with van der Waals surface area (Å²) < 4.78 is 0. The SMILES string of the molecule is CC(Nc1ccc(SC2CCCC2)cc1)c1cccs1. The van der Waals surface area contributed by atoms with Crippen LogP contribution in [0.1, 0.15) is 43.5 Å². The second-order valence-corrected chi connectivity index (χ2v) is 7.78. The minimum atomic E-state index is 0.378. The largest absolute Gasteiger partial charge is 0.378 e. The molecule has 1 aromatic carbocycles. The summed E-state index contributed by atoms with van der Waals surface area (Å²) in [6, 6.07) is 13.6. The molecule has 0 aliphatic heterocycles. The van der Waals surface area contributed by atoms with Crippen molar-refractivity contribution in [2.75, 3.05) is 5.32 Å². The van der Waals surface area contributed by atoms with Crippen molar-refractivity contribution in [1.29, 1.82) is 0 Å². The molecule has 1 fully saturated rings. The van der Waals surface area contributed by atoms with Crippen molar-refractivity contribution in [2.45, 2.75) is 48.8 Å². The van der Waals surface area contributed by atoms with Crippen LogP contribution in [0.2, 0.25) is 0 Å². The van der Waals surface area contributed by atoms with Crippen LogP contribution in [0, 0.1) is 0 Å². The molecular formula is C17H21NS2. The summed E-state index contributed by atoms with van der Waals surface area (Å²) in [5, 5.41) is 6.55. The third-order valence-electron chi connectivity index (χ3n) is 3.81. The molecule has 0 saturated heterocycles. The standard InChI is InChI=1S/C17H21NS2/c1-13(17-7-4-12-19-17)18-14-8-10-16(11-9-14)20-15-5-2-3-6-15/h4,7-13,15,18H,2-3,5-6H2,1H3. The molecule has 0 radical (unpaired) electrons. The summed E-state index contributed by atoms with van der Waals surface area (Å²) in [4.78, 5) is 2.79. The second-order valence-electron chi connectivity index (χ2n) is 5.43. The summed E-state index contributed by atoms with van der Waals surface area (Å²) >= 11 is 3.86. The van der Waals surface area contributed by atoms with E-state index in [1.807, 2.05) is 11.3 Å². The molecule has 1 aliphatic carbocycles. The molecule has 0 amide bonds. The number of hydrogen-bond donors (Lipinski definition) is 1. The normalized spacial score (nSPS) is 17.2. The zero-order chi connectivity index (χ0) is 13.8. The maximum absolute atomic E-state index is 3.57. The van der Waals surface area contributed by atoms with Crippen molar-refractivity contribution in [1.82, 2.24) is 0 Å². The van der Waals surface area contributed by atoms with E-state index in [1.165, 1.54) is 41.1 Å². The van der Waals surface area contributed by atoms with Crippen molar-refractivity contribution in [3.8, 4) is 0 Å². The Kier molecular flexibility index (Phi) is 4.69. The zero-order valence-electron chi connectivity index (χ0n) is 11.8. The second kappa shape index (κ2) is 6.68. The Morgan fingerprint density at radius 2 is 1.90 bits per heavy atom. The zero-order valence-corrected chi connectivity index (χ0v) is 13.5. The molecule has 1 atom stereocenters. The van der Waals surface area contributed by atoms with Gasteiger partial charge in [0, 0.05) is 20.7 Å². The van der Waals surface area contributed by atoms with Gasteiger partial charge in [-0.15, -0.1) is 23.1 Å². The third kappa shape index (κ3) is 3.58. The van der Waals surface area contributed by atoms with Crippen LogP contribution in [0.5, 0.6) is 0 Å². The summed E-state index contributed by atoms with van der Waals surface area (Å²) in [5.74, 6) is 0. The van der Waals surface area contributed by atoms with Gasteiger partial charge in [0.15, 0.2) is 0 Å². The van der Waals surface area contributed by atoms with Crippen LogP contribution in [0.25, 0.3) is 0 Å². The van der Waals surface area contributed by atoms with Crippen LogP contribution in [0.3, 0.4) is 0 Å². The van der Waals surface area contributed by atoms with Gasteiger partial charge in [-0.3, -0.25) is 0 Å². The van der Waals surface area contributed by atoms with Gasteiger partial charge in [0.25, 0.3) is 0 Å². The first-order chi connectivity index (χ1) is 9.81. The number of nitrogens with one attached hydrogen (secondary N) is 1. The van der Waals surface area contributed by atoms with Crippen molar-refractivity contribution in [3.63, 3.8) is 0 Å². The first-order valence-electron chi connectivity index (χ1n) is 7.38. The van der Waals surface area contributed by atoms with E-state index in [0.717, 1.165) is 5.25 Å². The highest BCUT2D eigenvalue weighted by Gasteiger charge is 2.15. The maximum Gasteiger partial charge on any atom is 0.0578 e. The van der Waals surface area contributed by atoms with Crippen LogP contribution >= 0.6 is 23.1 Å². The van der Waals surface area contributed by atoms with Gasteiger partial charge in [-0.05, 0) is 55.5 Å². The number of thiophene rings is 1. The van der Waals surface area contributed by atoms with Gasteiger partial charge in [0.05, 0.1) is 6.04 Å². The lowest BCUT2D eigenvalue weighted by atomic mass is 10.2. The number of rotatable bonds is 5. The third-order valence-corrected chi connectivity index (χ3v) is 6.22. The Labute approximate surface area is 129 Å². The molecule has 1 heterocycles. The lowest BCUT2D eigenvalue weighted by Crippen LogP contribution is -2.04. The van der Waals surface area contributed by atoms with E-state index >= 15 is 0 Å². The molecule has 1 nitrogen and oxygen atoms in total. The van der Waals surface area contributed by atoms with Crippen molar-refractivity contribution in [2.24, 2.45) is 0 Å². The Hall–Kier alpha value is -0.930. The molecule has 20 heavy (non-hydrogen) atoms. The summed E-state index contributed by atoms with van der Waals surface area (Å²) in [6.07, 6.45) is 5.60. The Bertz CT molecular complexity index is 512. The highest BCUT2D eigenvalue weighted by Crippen LogP contribution is 2.35. The van der Waals surface area contributed by atoms with Crippen molar-refractivity contribution in [3.05, 3.63) is 46.7 Å². The predicted molar refractivity (Wildman–Crippen MR) is 90.9 cm³/mol. The number of anilines is 1.